The highest BCUT2D eigenvalue weighted by Crippen LogP contribution is 2.15. The van der Waals surface area contributed by atoms with Crippen molar-refractivity contribution in [2.24, 2.45) is 5.73 Å². The molecule has 1 saturated heterocycles. The quantitative estimate of drug-likeness (QED) is 0.713. The second kappa shape index (κ2) is 4.85. The highest BCUT2D eigenvalue weighted by Gasteiger charge is 2.21. The van der Waals surface area contributed by atoms with E-state index in [2.05, 4.69) is 11.8 Å². The second-order valence-electron chi connectivity index (χ2n) is 3.49. The third-order valence-electron chi connectivity index (χ3n) is 2.48. The van der Waals surface area contributed by atoms with Gasteiger partial charge in [-0.25, -0.2) is 0 Å². The average Bonchev–Trinajstić information content (AvgIpc) is 2.03. The lowest BCUT2D eigenvalue weighted by atomic mass is 9.99. The summed E-state index contributed by atoms with van der Waals surface area (Å²) in [5.41, 5.74) is 7.43. The number of hydrogen-bond donors (Lipinski definition) is 1. The largest absolute Gasteiger partial charge is 0.328 e. The van der Waals surface area contributed by atoms with E-state index >= 15 is 0 Å². The van der Waals surface area contributed by atoms with E-state index in [4.69, 9.17) is 17.3 Å². The maximum Gasteiger partial charge on any atom is 0.0177 e. The monoisotopic (exact) mass is 188 g/mol. The highest BCUT2D eigenvalue weighted by molar-refractivity contribution is 6.25. The van der Waals surface area contributed by atoms with Crippen LogP contribution in [0.5, 0.6) is 0 Å². The van der Waals surface area contributed by atoms with E-state index in [1.54, 1.807) is 5.54 Å². The fourth-order valence-corrected chi connectivity index (χ4v) is 1.78. The fraction of sp³-hybridized carbons (Fsp3) is 0.778. The molecule has 0 aliphatic carbocycles. The van der Waals surface area contributed by atoms with Gasteiger partial charge in [0.25, 0.3) is 0 Å². The van der Waals surface area contributed by atoms with Gasteiger partial charge in [0.05, 0.1) is 0 Å². The van der Waals surface area contributed by atoms with Gasteiger partial charge in [-0.05, 0) is 19.8 Å². The first kappa shape index (κ1) is 10.0. The molecule has 3 heteroatoms. The maximum atomic E-state index is 5.85. The average molecular weight is 189 g/mol. The van der Waals surface area contributed by atoms with E-state index in [0.29, 0.717) is 12.1 Å². The molecule has 0 radical (unpaired) electrons. The Morgan fingerprint density at radius 1 is 1.67 bits per heavy atom. The number of halogens is 1. The van der Waals surface area contributed by atoms with Crippen LogP contribution >= 0.6 is 11.6 Å². The van der Waals surface area contributed by atoms with Crippen LogP contribution in [0, 0.1) is 0 Å². The van der Waals surface area contributed by atoms with Crippen molar-refractivity contribution in [1.29, 1.82) is 0 Å². The van der Waals surface area contributed by atoms with Crippen LogP contribution < -0.4 is 5.73 Å². The summed E-state index contributed by atoms with van der Waals surface area (Å²) in [5.74, 6) is 0. The van der Waals surface area contributed by atoms with Gasteiger partial charge in [-0.3, -0.25) is 4.90 Å². The number of hydrogen-bond acceptors (Lipinski definition) is 2. The Kier molecular flexibility index (Phi) is 4.06. The summed E-state index contributed by atoms with van der Waals surface area (Å²) in [6.07, 6.45) is 4.20. The molecule has 1 aliphatic rings. The Bertz CT molecular complexity index is 159. The van der Waals surface area contributed by atoms with Gasteiger partial charge in [0.15, 0.2) is 0 Å². The van der Waals surface area contributed by atoms with E-state index in [-0.39, 0.29) is 0 Å². The first-order valence-electron chi connectivity index (χ1n) is 4.49. The molecule has 0 aromatic carbocycles. The minimum atomic E-state index is 0.399. The van der Waals surface area contributed by atoms with Crippen LogP contribution in [0.4, 0.5) is 0 Å². The third-order valence-corrected chi connectivity index (χ3v) is 2.66. The first-order chi connectivity index (χ1) is 5.74. The molecule has 2 N–H and O–H groups in total. The molecule has 2 atom stereocenters. The van der Waals surface area contributed by atoms with Gasteiger partial charge >= 0.3 is 0 Å². The van der Waals surface area contributed by atoms with Crippen LogP contribution in [0.3, 0.4) is 0 Å². The van der Waals surface area contributed by atoms with Crippen molar-refractivity contribution < 1.29 is 0 Å². The van der Waals surface area contributed by atoms with E-state index in [9.17, 15) is 0 Å². The van der Waals surface area contributed by atoms with E-state index in [0.717, 1.165) is 25.9 Å². The van der Waals surface area contributed by atoms with Crippen LogP contribution in [0.1, 0.15) is 19.8 Å². The molecule has 2 nitrogen and oxygen atoms in total. The summed E-state index contributed by atoms with van der Waals surface area (Å²) in [5, 5.41) is 0. The summed E-state index contributed by atoms with van der Waals surface area (Å²) < 4.78 is 0. The molecule has 12 heavy (non-hydrogen) atoms. The molecular formula is C9H17ClN2. The van der Waals surface area contributed by atoms with E-state index in [1.807, 2.05) is 6.08 Å². The molecule has 0 aromatic heterocycles. The zero-order chi connectivity index (χ0) is 8.97. The summed E-state index contributed by atoms with van der Waals surface area (Å²) in [6.45, 7) is 4.28. The Morgan fingerprint density at radius 3 is 3.00 bits per heavy atom. The predicted octanol–water partition coefficient (Wildman–Crippen LogP) is 1.55. The molecule has 0 amide bonds. The molecule has 0 spiro atoms. The van der Waals surface area contributed by atoms with Gasteiger partial charge in [-0.2, -0.15) is 0 Å². The smallest absolute Gasteiger partial charge is 0.0177 e. The minimum absolute atomic E-state index is 0.399. The third kappa shape index (κ3) is 2.77. The first-order valence-corrected chi connectivity index (χ1v) is 4.92. The molecule has 0 aromatic rings. The Balaban J connectivity index is 2.34. The molecule has 1 fully saturated rings. The van der Waals surface area contributed by atoms with Crippen molar-refractivity contribution >= 4 is 11.6 Å². The van der Waals surface area contributed by atoms with Gasteiger partial charge in [0, 0.05) is 30.7 Å². The normalized spacial score (nSPS) is 32.9. The highest BCUT2D eigenvalue weighted by atomic mass is 35.5. The summed E-state index contributed by atoms with van der Waals surface area (Å²) in [6, 6.07) is 0.998. The van der Waals surface area contributed by atoms with Gasteiger partial charge < -0.3 is 5.73 Å². The predicted molar refractivity (Wildman–Crippen MR) is 53.2 cm³/mol. The topological polar surface area (TPSA) is 29.3 Å². The van der Waals surface area contributed by atoms with Crippen molar-refractivity contribution in [3.05, 3.63) is 11.6 Å². The summed E-state index contributed by atoms with van der Waals surface area (Å²) >= 11 is 5.47. The summed E-state index contributed by atoms with van der Waals surface area (Å²) in [4.78, 5) is 2.41. The second-order valence-corrected chi connectivity index (χ2v) is 3.74. The van der Waals surface area contributed by atoms with Gasteiger partial charge in [0.2, 0.25) is 0 Å². The molecule has 1 rings (SSSR count). The maximum absolute atomic E-state index is 5.85. The minimum Gasteiger partial charge on any atom is -0.328 e. The number of piperidine rings is 1. The van der Waals surface area contributed by atoms with Crippen LogP contribution in [0.25, 0.3) is 0 Å². The lowest BCUT2D eigenvalue weighted by molar-refractivity contribution is 0.164. The van der Waals surface area contributed by atoms with Crippen molar-refractivity contribution in [3.8, 4) is 0 Å². The van der Waals surface area contributed by atoms with Crippen molar-refractivity contribution in [2.45, 2.75) is 31.8 Å². The van der Waals surface area contributed by atoms with Crippen molar-refractivity contribution in [2.75, 3.05) is 13.1 Å². The Morgan fingerprint density at radius 2 is 2.42 bits per heavy atom. The van der Waals surface area contributed by atoms with Crippen LogP contribution in [-0.2, 0) is 0 Å². The van der Waals surface area contributed by atoms with Gasteiger partial charge in [-0.1, -0.05) is 17.7 Å². The zero-order valence-electron chi connectivity index (χ0n) is 7.54. The lowest BCUT2D eigenvalue weighted by Crippen LogP contribution is -2.45. The summed E-state index contributed by atoms with van der Waals surface area (Å²) in [7, 11) is 0. The molecule has 0 bridgehead atoms. The van der Waals surface area contributed by atoms with Gasteiger partial charge in [-0.15, -0.1) is 0 Å². The van der Waals surface area contributed by atoms with E-state index in [1.165, 1.54) is 0 Å². The number of nitrogens with zero attached hydrogens (tertiary/aromatic N) is 1. The van der Waals surface area contributed by atoms with Crippen molar-refractivity contribution in [3.63, 3.8) is 0 Å². The van der Waals surface area contributed by atoms with Crippen LogP contribution in [-0.4, -0.2) is 30.1 Å². The molecule has 2 unspecified atom stereocenters. The van der Waals surface area contributed by atoms with Gasteiger partial charge in [0.1, 0.15) is 0 Å². The van der Waals surface area contributed by atoms with Crippen molar-refractivity contribution in [1.82, 2.24) is 4.90 Å². The molecule has 1 aliphatic heterocycles. The number of rotatable bonds is 2. The lowest BCUT2D eigenvalue weighted by Gasteiger charge is -2.35. The zero-order valence-corrected chi connectivity index (χ0v) is 8.30. The number of likely N-dealkylation sites (tertiary alicyclic amines) is 1. The van der Waals surface area contributed by atoms with E-state index < -0.39 is 0 Å². The van der Waals surface area contributed by atoms with Crippen LogP contribution in [0.2, 0.25) is 0 Å². The SMILES string of the molecule is CC1CC(N)CCN1C/C=C/Cl. The Labute approximate surface area is 79.4 Å². The molecule has 70 valence electrons. The fourth-order valence-electron chi connectivity index (χ4n) is 1.70. The Hall–Kier alpha value is -0.0500. The number of nitrogens with two attached hydrogens (primary N) is 1. The molecular weight excluding hydrogens is 172 g/mol. The van der Waals surface area contributed by atoms with Crippen LogP contribution in [0.15, 0.2) is 11.6 Å². The molecule has 0 saturated carbocycles. The molecule has 1 heterocycles. The standard InChI is InChI=1S/C9H17ClN2/c1-8-7-9(11)3-6-12(8)5-2-4-10/h2,4,8-9H,3,5-7,11H2,1H3/b4-2+.